The summed E-state index contributed by atoms with van der Waals surface area (Å²) in [4.78, 5) is 9.64. The average Bonchev–Trinajstić information content (AvgIpc) is 2.80. The predicted molar refractivity (Wildman–Crippen MR) is 115 cm³/mol. The van der Waals surface area contributed by atoms with Crippen molar-refractivity contribution in [2.75, 3.05) is 32.6 Å². The van der Waals surface area contributed by atoms with Gasteiger partial charge in [-0.1, -0.05) is 30.3 Å². The first kappa shape index (κ1) is 19.2. The van der Waals surface area contributed by atoms with Crippen molar-refractivity contribution in [2.45, 2.75) is 18.8 Å². The molecule has 2 aromatic carbocycles. The van der Waals surface area contributed by atoms with Crippen molar-refractivity contribution >= 4 is 11.6 Å². The van der Waals surface area contributed by atoms with Crippen LogP contribution in [0.4, 0.5) is 11.6 Å². The number of ether oxygens (including phenoxy) is 2. The van der Waals surface area contributed by atoms with Crippen LogP contribution in [0.15, 0.2) is 54.6 Å². The first-order valence-corrected chi connectivity index (χ1v) is 9.91. The maximum atomic E-state index is 5.41. The second kappa shape index (κ2) is 8.92. The van der Waals surface area contributed by atoms with Crippen molar-refractivity contribution in [3.8, 4) is 22.8 Å². The quantitative estimate of drug-likeness (QED) is 0.651. The third-order valence-corrected chi connectivity index (χ3v) is 5.21. The van der Waals surface area contributed by atoms with E-state index >= 15 is 0 Å². The van der Waals surface area contributed by atoms with Crippen molar-refractivity contribution in [2.24, 2.45) is 0 Å². The van der Waals surface area contributed by atoms with E-state index in [1.54, 1.807) is 14.2 Å². The smallest absolute Gasteiger partial charge is 0.228 e. The van der Waals surface area contributed by atoms with Gasteiger partial charge in [0.15, 0.2) is 11.5 Å². The number of rotatable bonds is 6. The van der Waals surface area contributed by atoms with Crippen LogP contribution in [0.2, 0.25) is 0 Å². The first-order valence-electron chi connectivity index (χ1n) is 9.91. The zero-order chi connectivity index (χ0) is 20.1. The Kier molecular flexibility index (Phi) is 5.91. The fourth-order valence-corrected chi connectivity index (χ4v) is 3.65. The Balaban J connectivity index is 1.70. The van der Waals surface area contributed by atoms with Gasteiger partial charge in [-0.05, 0) is 44.1 Å². The van der Waals surface area contributed by atoms with Crippen LogP contribution in [0.25, 0.3) is 11.3 Å². The molecule has 6 heteroatoms. The molecule has 2 heterocycles. The van der Waals surface area contributed by atoms with Crippen LogP contribution in [-0.2, 0) is 0 Å². The average molecular weight is 390 g/mol. The summed E-state index contributed by atoms with van der Waals surface area (Å²) in [6, 6.07) is 18.1. The molecule has 2 N–H and O–H groups in total. The minimum Gasteiger partial charge on any atom is -0.493 e. The molecule has 0 unspecified atom stereocenters. The molecule has 0 amide bonds. The third kappa shape index (κ3) is 4.49. The highest BCUT2D eigenvalue weighted by atomic mass is 16.5. The topological polar surface area (TPSA) is 68.3 Å². The lowest BCUT2D eigenvalue weighted by Gasteiger charge is -2.23. The Morgan fingerprint density at radius 1 is 0.897 bits per heavy atom. The number of nitrogens with one attached hydrogen (secondary N) is 2. The van der Waals surface area contributed by atoms with Gasteiger partial charge < -0.3 is 20.1 Å². The largest absolute Gasteiger partial charge is 0.493 e. The lowest BCUT2D eigenvalue weighted by molar-refractivity contribution is 0.355. The van der Waals surface area contributed by atoms with Gasteiger partial charge in [0.2, 0.25) is 5.95 Å². The first-order chi connectivity index (χ1) is 14.3. The predicted octanol–water partition coefficient (Wildman–Crippen LogP) is 4.37. The number of nitrogens with zero attached hydrogens (tertiary/aromatic N) is 2. The zero-order valence-corrected chi connectivity index (χ0v) is 16.8. The minimum atomic E-state index is 0.438. The summed E-state index contributed by atoms with van der Waals surface area (Å²) in [5.41, 5.74) is 3.95. The van der Waals surface area contributed by atoms with Crippen LogP contribution in [0.5, 0.6) is 11.5 Å². The lowest BCUT2D eigenvalue weighted by Crippen LogP contribution is -2.27. The summed E-state index contributed by atoms with van der Waals surface area (Å²) in [6.07, 6.45) is 2.17. The second-order valence-corrected chi connectivity index (χ2v) is 7.09. The fraction of sp³-hybridized carbons (Fsp3) is 0.304. The Morgan fingerprint density at radius 2 is 1.66 bits per heavy atom. The van der Waals surface area contributed by atoms with E-state index in [9.17, 15) is 0 Å². The maximum Gasteiger partial charge on any atom is 0.228 e. The van der Waals surface area contributed by atoms with E-state index in [1.165, 1.54) is 0 Å². The van der Waals surface area contributed by atoms with Gasteiger partial charge in [-0.2, -0.15) is 0 Å². The highest BCUT2D eigenvalue weighted by Crippen LogP contribution is 2.32. The van der Waals surface area contributed by atoms with Crippen molar-refractivity contribution < 1.29 is 9.47 Å². The van der Waals surface area contributed by atoms with Crippen LogP contribution in [0.3, 0.4) is 0 Å². The number of anilines is 2. The Bertz CT molecular complexity index is 956. The standard InChI is InChI=1S/C23H26N4O2/c1-28-21-9-8-18(14-22(21)29-2)25-23-26-19(16-6-4-3-5-7-16)15-20(27-23)17-10-12-24-13-11-17/h3-9,14-15,17,24H,10-13H2,1-2H3,(H,25,26,27). The molecule has 0 saturated carbocycles. The van der Waals surface area contributed by atoms with Crippen LogP contribution < -0.4 is 20.1 Å². The normalized spacial score (nSPS) is 14.4. The summed E-state index contributed by atoms with van der Waals surface area (Å²) in [5, 5.41) is 6.77. The maximum absolute atomic E-state index is 5.41. The molecule has 0 bridgehead atoms. The number of hydrogen-bond donors (Lipinski definition) is 2. The Hall–Kier alpha value is -3.12. The monoisotopic (exact) mass is 390 g/mol. The van der Waals surface area contributed by atoms with Gasteiger partial charge in [0, 0.05) is 28.9 Å². The van der Waals surface area contributed by atoms with Gasteiger partial charge in [0.25, 0.3) is 0 Å². The summed E-state index contributed by atoms with van der Waals surface area (Å²) < 4.78 is 10.7. The molecule has 0 aliphatic carbocycles. The van der Waals surface area contributed by atoms with Crippen LogP contribution in [0, 0.1) is 0 Å². The van der Waals surface area contributed by atoms with Crippen molar-refractivity contribution in [1.82, 2.24) is 15.3 Å². The molecule has 1 aliphatic rings. The molecule has 0 atom stereocenters. The van der Waals surface area contributed by atoms with Gasteiger partial charge in [0.05, 0.1) is 19.9 Å². The summed E-state index contributed by atoms with van der Waals surface area (Å²) in [6.45, 7) is 2.04. The molecular formula is C23H26N4O2. The van der Waals surface area contributed by atoms with E-state index < -0.39 is 0 Å². The molecule has 0 radical (unpaired) electrons. The molecule has 3 aromatic rings. The van der Waals surface area contributed by atoms with Gasteiger partial charge in [0.1, 0.15) is 0 Å². The summed E-state index contributed by atoms with van der Waals surface area (Å²) in [7, 11) is 3.26. The molecule has 4 rings (SSSR count). The van der Waals surface area contributed by atoms with Gasteiger partial charge in [-0.3, -0.25) is 0 Å². The molecule has 29 heavy (non-hydrogen) atoms. The van der Waals surface area contributed by atoms with Gasteiger partial charge >= 0.3 is 0 Å². The lowest BCUT2D eigenvalue weighted by atomic mass is 9.93. The van der Waals surface area contributed by atoms with Crippen LogP contribution in [0.1, 0.15) is 24.5 Å². The SMILES string of the molecule is COc1ccc(Nc2nc(-c3ccccc3)cc(C3CCNCC3)n2)cc1OC. The van der Waals surface area contributed by atoms with E-state index in [4.69, 9.17) is 19.4 Å². The molecular weight excluding hydrogens is 364 g/mol. The van der Waals surface area contributed by atoms with Gasteiger partial charge in [-0.15, -0.1) is 0 Å². The van der Waals surface area contributed by atoms with Crippen molar-refractivity contribution in [3.63, 3.8) is 0 Å². The number of benzene rings is 2. The van der Waals surface area contributed by atoms with E-state index in [0.717, 1.165) is 48.6 Å². The van der Waals surface area contributed by atoms with Crippen LogP contribution in [-0.4, -0.2) is 37.3 Å². The molecule has 6 nitrogen and oxygen atoms in total. The Labute approximate surface area is 171 Å². The molecule has 1 aromatic heterocycles. The summed E-state index contributed by atoms with van der Waals surface area (Å²) >= 11 is 0. The highest BCUT2D eigenvalue weighted by molar-refractivity contribution is 5.64. The van der Waals surface area contributed by atoms with Crippen molar-refractivity contribution in [3.05, 3.63) is 60.3 Å². The fourth-order valence-electron chi connectivity index (χ4n) is 3.65. The number of methoxy groups -OCH3 is 2. The Morgan fingerprint density at radius 3 is 2.38 bits per heavy atom. The minimum absolute atomic E-state index is 0.438. The van der Waals surface area contributed by atoms with E-state index in [1.807, 2.05) is 36.4 Å². The molecule has 0 spiro atoms. The number of hydrogen-bond acceptors (Lipinski definition) is 6. The third-order valence-electron chi connectivity index (χ3n) is 5.21. The number of piperidine rings is 1. The molecule has 1 aliphatic heterocycles. The molecule has 1 saturated heterocycles. The molecule has 1 fully saturated rings. The van der Waals surface area contributed by atoms with Gasteiger partial charge in [-0.25, -0.2) is 9.97 Å². The van der Waals surface area contributed by atoms with E-state index in [2.05, 4.69) is 28.8 Å². The molecule has 150 valence electrons. The van der Waals surface area contributed by atoms with E-state index in [-0.39, 0.29) is 0 Å². The second-order valence-electron chi connectivity index (χ2n) is 7.09. The number of aromatic nitrogens is 2. The van der Waals surface area contributed by atoms with Crippen molar-refractivity contribution in [1.29, 1.82) is 0 Å². The summed E-state index contributed by atoms with van der Waals surface area (Å²) in [5.74, 6) is 2.38. The zero-order valence-electron chi connectivity index (χ0n) is 16.8. The highest BCUT2D eigenvalue weighted by Gasteiger charge is 2.19. The van der Waals surface area contributed by atoms with E-state index in [0.29, 0.717) is 23.4 Å². The van der Waals surface area contributed by atoms with Crippen LogP contribution >= 0.6 is 0 Å².